The molecule has 0 spiro atoms. The molecular formula is C45H49N11O4. The molecule has 0 bridgehead atoms. The lowest BCUT2D eigenvalue weighted by Gasteiger charge is -2.40. The molecule has 60 heavy (non-hydrogen) atoms. The van der Waals surface area contributed by atoms with Gasteiger partial charge in [-0.15, -0.1) is 0 Å². The number of primary amides is 1. The second kappa shape index (κ2) is 16.5. The van der Waals surface area contributed by atoms with Crippen LogP contribution in [0.1, 0.15) is 51.1 Å². The van der Waals surface area contributed by atoms with Gasteiger partial charge in [-0.05, 0) is 110 Å². The zero-order chi connectivity index (χ0) is 41.3. The van der Waals surface area contributed by atoms with Gasteiger partial charge in [0.2, 0.25) is 5.91 Å². The fraction of sp³-hybridized carbons (Fsp3) is 0.333. The van der Waals surface area contributed by atoms with Crippen molar-refractivity contribution in [3.8, 4) is 11.3 Å². The summed E-state index contributed by atoms with van der Waals surface area (Å²) in [6.45, 7) is 9.99. The van der Waals surface area contributed by atoms with Crippen LogP contribution in [0.15, 0.2) is 85.1 Å². The van der Waals surface area contributed by atoms with Crippen molar-refractivity contribution >= 4 is 58.1 Å². The van der Waals surface area contributed by atoms with E-state index in [9.17, 15) is 19.2 Å². The molecule has 3 fully saturated rings. The predicted octanol–water partition coefficient (Wildman–Crippen LogP) is 5.39. The first-order valence-corrected chi connectivity index (χ1v) is 20.7. The SMILES string of the molecule is Cc1ccnc(NC(=O)c2ccc(-c3nn4c(c3C(N)=O)Nc3ccc(N5CCN(CC6CCN(c7ccc(N8CCC(=O)NC8=O)cc7)CC6)CC5)cc3CC4)cc2)c1. The van der Waals surface area contributed by atoms with Crippen LogP contribution in [0.2, 0.25) is 0 Å². The zero-order valence-corrected chi connectivity index (χ0v) is 33.7. The predicted molar refractivity (Wildman–Crippen MR) is 232 cm³/mol. The molecule has 6 heterocycles. The number of piperazine rings is 1. The maximum atomic E-state index is 12.9. The van der Waals surface area contributed by atoms with Crippen molar-refractivity contribution in [1.29, 1.82) is 0 Å². The van der Waals surface area contributed by atoms with Gasteiger partial charge < -0.3 is 26.2 Å². The Labute approximate surface area is 348 Å². The number of hydrogen-bond donors (Lipinski definition) is 4. The zero-order valence-electron chi connectivity index (χ0n) is 33.7. The molecule has 4 aliphatic heterocycles. The average Bonchev–Trinajstić information content (AvgIpc) is 3.52. The number of aryl methyl sites for hydroxylation is 3. The van der Waals surface area contributed by atoms with Crippen molar-refractivity contribution in [3.05, 3.63) is 107 Å². The molecule has 2 aromatic heterocycles. The summed E-state index contributed by atoms with van der Waals surface area (Å²) in [7, 11) is 0. The summed E-state index contributed by atoms with van der Waals surface area (Å²) in [5, 5.41) is 13.6. The van der Waals surface area contributed by atoms with Crippen LogP contribution < -0.4 is 36.4 Å². The number of pyridine rings is 1. The lowest BCUT2D eigenvalue weighted by molar-refractivity contribution is -0.120. The summed E-state index contributed by atoms with van der Waals surface area (Å²) in [6, 6.07) is 24.9. The second-order valence-corrected chi connectivity index (χ2v) is 16.1. The molecule has 15 nitrogen and oxygen atoms in total. The number of nitrogens with zero attached hydrogens (tertiary/aromatic N) is 7. The molecule has 0 atom stereocenters. The van der Waals surface area contributed by atoms with Crippen molar-refractivity contribution in [3.63, 3.8) is 0 Å². The molecule has 0 unspecified atom stereocenters. The highest BCUT2D eigenvalue weighted by molar-refractivity contribution is 6.07. The van der Waals surface area contributed by atoms with Gasteiger partial charge in [0.15, 0.2) is 0 Å². The number of rotatable bonds is 9. The highest BCUT2D eigenvalue weighted by Gasteiger charge is 2.29. The van der Waals surface area contributed by atoms with E-state index in [1.165, 1.54) is 11.4 Å². The van der Waals surface area contributed by atoms with Crippen molar-refractivity contribution in [2.24, 2.45) is 11.7 Å². The van der Waals surface area contributed by atoms with E-state index < -0.39 is 5.91 Å². The molecule has 308 valence electrons. The molecule has 0 aliphatic carbocycles. The van der Waals surface area contributed by atoms with E-state index in [1.807, 2.05) is 29.8 Å². The maximum absolute atomic E-state index is 12.9. The number of hydrogen-bond acceptors (Lipinski definition) is 10. The molecule has 3 aromatic carbocycles. The summed E-state index contributed by atoms with van der Waals surface area (Å²) in [5.74, 6) is 0.622. The van der Waals surface area contributed by atoms with Crippen LogP contribution in [0.25, 0.3) is 11.3 Å². The van der Waals surface area contributed by atoms with Crippen molar-refractivity contribution in [2.75, 3.05) is 77.7 Å². The van der Waals surface area contributed by atoms with Crippen LogP contribution in [0, 0.1) is 12.8 Å². The first-order chi connectivity index (χ1) is 29.1. The molecule has 5 amide bonds. The molecule has 0 radical (unpaired) electrons. The Bertz CT molecular complexity index is 2430. The Morgan fingerprint density at radius 1 is 0.783 bits per heavy atom. The van der Waals surface area contributed by atoms with Gasteiger partial charge in [0, 0.05) is 105 Å². The van der Waals surface area contributed by atoms with Gasteiger partial charge in [-0.3, -0.25) is 29.5 Å². The van der Waals surface area contributed by atoms with Crippen LogP contribution >= 0.6 is 0 Å². The summed E-state index contributed by atoms with van der Waals surface area (Å²) >= 11 is 0. The molecule has 4 aliphatic rings. The number of urea groups is 1. The number of nitrogens with two attached hydrogens (primary N) is 1. The highest BCUT2D eigenvalue weighted by Crippen LogP contribution is 2.36. The average molecular weight is 808 g/mol. The van der Waals surface area contributed by atoms with Crippen LogP contribution in [0.4, 0.5) is 39.2 Å². The van der Waals surface area contributed by atoms with Gasteiger partial charge in [-0.25, -0.2) is 14.5 Å². The van der Waals surface area contributed by atoms with E-state index in [0.717, 1.165) is 87.6 Å². The number of piperidine rings is 1. The monoisotopic (exact) mass is 807 g/mol. The van der Waals surface area contributed by atoms with E-state index in [0.29, 0.717) is 59.4 Å². The minimum Gasteiger partial charge on any atom is -0.372 e. The number of carbonyl (C=O) groups excluding carboxylic acids is 4. The van der Waals surface area contributed by atoms with E-state index >= 15 is 0 Å². The Balaban J connectivity index is 0.781. The second-order valence-electron chi connectivity index (χ2n) is 16.1. The van der Waals surface area contributed by atoms with Gasteiger partial charge >= 0.3 is 6.03 Å². The Hall–Kier alpha value is -6.74. The third kappa shape index (κ3) is 8.12. The van der Waals surface area contributed by atoms with Gasteiger partial charge in [-0.2, -0.15) is 5.10 Å². The van der Waals surface area contributed by atoms with Crippen LogP contribution in [-0.4, -0.2) is 95.8 Å². The Morgan fingerprint density at radius 2 is 1.50 bits per heavy atom. The molecule has 5 N–H and O–H groups in total. The molecule has 3 saturated heterocycles. The van der Waals surface area contributed by atoms with Crippen LogP contribution in [0.3, 0.4) is 0 Å². The van der Waals surface area contributed by atoms with Crippen molar-refractivity contribution in [1.82, 2.24) is 25.0 Å². The third-order valence-electron chi connectivity index (χ3n) is 12.2. The van der Waals surface area contributed by atoms with Crippen molar-refractivity contribution in [2.45, 2.75) is 39.2 Å². The van der Waals surface area contributed by atoms with Crippen LogP contribution in [0.5, 0.6) is 0 Å². The number of fused-ring (bicyclic) bond motifs is 2. The quantitative estimate of drug-likeness (QED) is 0.151. The number of imide groups is 1. The number of amides is 5. The van der Waals surface area contributed by atoms with Gasteiger partial charge in [0.05, 0.1) is 0 Å². The topological polar surface area (TPSA) is 174 Å². The number of benzene rings is 3. The lowest BCUT2D eigenvalue weighted by Crippen LogP contribution is -2.49. The first-order valence-electron chi connectivity index (χ1n) is 20.7. The van der Waals surface area contributed by atoms with Crippen LogP contribution in [-0.2, 0) is 17.8 Å². The first kappa shape index (κ1) is 38.8. The normalized spacial score (nSPS) is 17.3. The standard InChI is InChI=1S/C45H49N11O4/c1-29-12-17-47-38(26-29)49-44(59)32-4-2-31(3-5-32)41-40(42(46)58)43-48-37-11-10-36(27-33(37)15-21-56(43)51-41)54-24-22-52(23-25-54)28-30-13-18-53(19-14-30)34-6-8-35(9-7-34)55-20-16-39(57)50-45(55)60/h2-12,17,26-27,30,48H,13-16,18-25,28H2,1H3,(H2,46,58)(H,47,49,59)(H,50,57,60). The number of anilines is 6. The van der Waals surface area contributed by atoms with Gasteiger partial charge in [-0.1, -0.05) is 12.1 Å². The largest absolute Gasteiger partial charge is 0.372 e. The van der Waals surface area contributed by atoms with E-state index in [4.69, 9.17) is 10.8 Å². The Morgan fingerprint density at radius 3 is 2.22 bits per heavy atom. The van der Waals surface area contributed by atoms with Gasteiger partial charge in [0.25, 0.3) is 11.8 Å². The maximum Gasteiger partial charge on any atom is 0.328 e. The number of nitrogens with one attached hydrogen (secondary N) is 3. The van der Waals surface area contributed by atoms with E-state index in [1.54, 1.807) is 41.4 Å². The summed E-state index contributed by atoms with van der Waals surface area (Å²) in [6.07, 6.45) is 4.99. The summed E-state index contributed by atoms with van der Waals surface area (Å²) < 4.78 is 1.82. The third-order valence-corrected chi connectivity index (χ3v) is 12.2. The Kier molecular flexibility index (Phi) is 10.7. The fourth-order valence-electron chi connectivity index (χ4n) is 8.80. The molecular weight excluding hydrogens is 759 g/mol. The van der Waals surface area contributed by atoms with E-state index in [2.05, 4.69) is 66.0 Å². The molecule has 15 heteroatoms. The minimum absolute atomic E-state index is 0.224. The number of carbonyl (C=O) groups is 4. The molecule has 9 rings (SSSR count). The minimum atomic E-state index is -0.577. The number of aromatic nitrogens is 3. The van der Waals surface area contributed by atoms with Gasteiger partial charge in [0.1, 0.15) is 22.9 Å². The lowest BCUT2D eigenvalue weighted by atomic mass is 9.95. The summed E-state index contributed by atoms with van der Waals surface area (Å²) in [4.78, 5) is 62.9. The molecule has 5 aromatic rings. The fourth-order valence-corrected chi connectivity index (χ4v) is 8.80. The highest BCUT2D eigenvalue weighted by atomic mass is 16.2. The summed E-state index contributed by atoms with van der Waals surface area (Å²) in [5.41, 5.74) is 14.2. The smallest absolute Gasteiger partial charge is 0.328 e. The molecule has 0 saturated carbocycles. The van der Waals surface area contributed by atoms with Crippen molar-refractivity contribution < 1.29 is 19.2 Å². The van der Waals surface area contributed by atoms with E-state index in [-0.39, 0.29) is 17.8 Å².